The van der Waals surface area contributed by atoms with Crippen LogP contribution in [0.3, 0.4) is 0 Å². The SMILES string of the molecule is CCC(C)c1cccc(C(C)N)c1. The van der Waals surface area contributed by atoms with Crippen molar-refractivity contribution in [2.24, 2.45) is 5.73 Å². The highest BCUT2D eigenvalue weighted by molar-refractivity contribution is 5.27. The van der Waals surface area contributed by atoms with Crippen LogP contribution in [0.1, 0.15) is 50.3 Å². The van der Waals surface area contributed by atoms with Crippen LogP contribution < -0.4 is 5.73 Å². The molecule has 0 radical (unpaired) electrons. The molecule has 2 N–H and O–H groups in total. The fourth-order valence-corrected chi connectivity index (χ4v) is 1.38. The lowest BCUT2D eigenvalue weighted by Gasteiger charge is -2.12. The summed E-state index contributed by atoms with van der Waals surface area (Å²) in [6.07, 6.45) is 1.18. The zero-order chi connectivity index (χ0) is 9.84. The van der Waals surface area contributed by atoms with E-state index in [1.54, 1.807) is 0 Å². The molecule has 1 aromatic carbocycles. The summed E-state index contributed by atoms with van der Waals surface area (Å²) in [4.78, 5) is 0. The first-order chi connectivity index (χ1) is 6.15. The summed E-state index contributed by atoms with van der Waals surface area (Å²) in [5.41, 5.74) is 8.46. The molecule has 72 valence electrons. The highest BCUT2D eigenvalue weighted by Gasteiger charge is 2.04. The molecule has 2 atom stereocenters. The number of hydrogen-bond acceptors (Lipinski definition) is 1. The molecule has 0 heterocycles. The third kappa shape index (κ3) is 2.56. The maximum Gasteiger partial charge on any atom is 0.0266 e. The first-order valence-electron chi connectivity index (χ1n) is 5.00. The van der Waals surface area contributed by atoms with Crippen molar-refractivity contribution in [1.82, 2.24) is 0 Å². The second kappa shape index (κ2) is 4.43. The van der Waals surface area contributed by atoms with E-state index >= 15 is 0 Å². The van der Waals surface area contributed by atoms with Crippen molar-refractivity contribution in [1.29, 1.82) is 0 Å². The normalized spacial score (nSPS) is 15.4. The molecular weight excluding hydrogens is 158 g/mol. The molecule has 0 amide bonds. The minimum Gasteiger partial charge on any atom is -0.324 e. The van der Waals surface area contributed by atoms with Crippen LogP contribution in [-0.4, -0.2) is 0 Å². The van der Waals surface area contributed by atoms with E-state index in [1.807, 2.05) is 6.92 Å². The van der Waals surface area contributed by atoms with Gasteiger partial charge in [-0.1, -0.05) is 38.1 Å². The van der Waals surface area contributed by atoms with Gasteiger partial charge in [-0.05, 0) is 30.4 Å². The molecule has 0 aliphatic carbocycles. The van der Waals surface area contributed by atoms with Gasteiger partial charge in [0.25, 0.3) is 0 Å². The average molecular weight is 177 g/mol. The molecule has 0 saturated carbocycles. The summed E-state index contributed by atoms with van der Waals surface area (Å²) < 4.78 is 0. The lowest BCUT2D eigenvalue weighted by molar-refractivity contribution is 0.727. The Morgan fingerprint density at radius 2 is 1.85 bits per heavy atom. The highest BCUT2D eigenvalue weighted by atomic mass is 14.6. The third-order valence-corrected chi connectivity index (χ3v) is 2.62. The molecule has 0 saturated heterocycles. The van der Waals surface area contributed by atoms with E-state index in [2.05, 4.69) is 38.1 Å². The maximum absolute atomic E-state index is 5.82. The van der Waals surface area contributed by atoms with Crippen molar-refractivity contribution in [3.05, 3.63) is 35.4 Å². The first kappa shape index (κ1) is 10.3. The Bertz CT molecular complexity index is 266. The molecular formula is C12H19N. The molecule has 0 spiro atoms. The van der Waals surface area contributed by atoms with Crippen LogP contribution >= 0.6 is 0 Å². The van der Waals surface area contributed by atoms with Gasteiger partial charge in [-0.25, -0.2) is 0 Å². The van der Waals surface area contributed by atoms with Crippen molar-refractivity contribution >= 4 is 0 Å². The molecule has 1 aromatic rings. The van der Waals surface area contributed by atoms with Crippen LogP contribution in [-0.2, 0) is 0 Å². The van der Waals surface area contributed by atoms with Gasteiger partial charge in [-0.2, -0.15) is 0 Å². The van der Waals surface area contributed by atoms with Gasteiger partial charge in [0.2, 0.25) is 0 Å². The van der Waals surface area contributed by atoms with E-state index in [-0.39, 0.29) is 6.04 Å². The van der Waals surface area contributed by atoms with Gasteiger partial charge < -0.3 is 5.73 Å². The fourth-order valence-electron chi connectivity index (χ4n) is 1.38. The van der Waals surface area contributed by atoms with Gasteiger partial charge in [0.05, 0.1) is 0 Å². The van der Waals surface area contributed by atoms with E-state index in [9.17, 15) is 0 Å². The lowest BCUT2D eigenvalue weighted by atomic mass is 9.95. The van der Waals surface area contributed by atoms with Crippen LogP contribution in [0.5, 0.6) is 0 Å². The zero-order valence-corrected chi connectivity index (χ0v) is 8.75. The standard InChI is InChI=1S/C12H19N/c1-4-9(2)11-6-5-7-12(8-11)10(3)13/h5-10H,4,13H2,1-3H3. The van der Waals surface area contributed by atoms with Gasteiger partial charge in [0.15, 0.2) is 0 Å². The Kier molecular flexibility index (Phi) is 3.49. The molecule has 0 aromatic heterocycles. The van der Waals surface area contributed by atoms with Gasteiger partial charge in [0, 0.05) is 6.04 Å². The van der Waals surface area contributed by atoms with Crippen molar-refractivity contribution in [3.63, 3.8) is 0 Å². The summed E-state index contributed by atoms with van der Waals surface area (Å²) >= 11 is 0. The van der Waals surface area contributed by atoms with Crippen LogP contribution in [0, 0.1) is 0 Å². The summed E-state index contributed by atoms with van der Waals surface area (Å²) in [7, 11) is 0. The van der Waals surface area contributed by atoms with Gasteiger partial charge in [-0.15, -0.1) is 0 Å². The largest absolute Gasteiger partial charge is 0.324 e. The van der Waals surface area contributed by atoms with Gasteiger partial charge in [0.1, 0.15) is 0 Å². The van der Waals surface area contributed by atoms with E-state index < -0.39 is 0 Å². The van der Waals surface area contributed by atoms with Crippen molar-refractivity contribution in [2.75, 3.05) is 0 Å². The number of nitrogens with two attached hydrogens (primary N) is 1. The van der Waals surface area contributed by atoms with E-state index in [0.29, 0.717) is 5.92 Å². The Morgan fingerprint density at radius 1 is 1.23 bits per heavy atom. The number of rotatable bonds is 3. The van der Waals surface area contributed by atoms with Crippen molar-refractivity contribution in [3.8, 4) is 0 Å². The number of benzene rings is 1. The smallest absolute Gasteiger partial charge is 0.0266 e. The second-order valence-electron chi connectivity index (χ2n) is 3.77. The Labute approximate surface area is 81.0 Å². The summed E-state index contributed by atoms with van der Waals surface area (Å²) in [6.45, 7) is 6.49. The van der Waals surface area contributed by atoms with E-state index in [4.69, 9.17) is 5.73 Å². The molecule has 1 heteroatoms. The maximum atomic E-state index is 5.82. The zero-order valence-electron chi connectivity index (χ0n) is 8.75. The summed E-state index contributed by atoms with van der Waals surface area (Å²) in [5.74, 6) is 0.638. The predicted octanol–water partition coefficient (Wildman–Crippen LogP) is 3.22. The molecule has 1 rings (SSSR count). The summed E-state index contributed by atoms with van der Waals surface area (Å²) in [5, 5.41) is 0. The lowest BCUT2D eigenvalue weighted by Crippen LogP contribution is -2.05. The van der Waals surface area contributed by atoms with Crippen molar-refractivity contribution < 1.29 is 0 Å². The van der Waals surface area contributed by atoms with Gasteiger partial charge in [-0.3, -0.25) is 0 Å². The number of hydrogen-bond donors (Lipinski definition) is 1. The minimum atomic E-state index is 0.143. The molecule has 0 aliphatic rings. The minimum absolute atomic E-state index is 0.143. The molecule has 13 heavy (non-hydrogen) atoms. The Balaban J connectivity index is 2.91. The van der Waals surface area contributed by atoms with Crippen molar-refractivity contribution in [2.45, 2.75) is 39.2 Å². The molecule has 0 fully saturated rings. The topological polar surface area (TPSA) is 26.0 Å². The molecule has 2 unspecified atom stereocenters. The highest BCUT2D eigenvalue weighted by Crippen LogP contribution is 2.21. The Hall–Kier alpha value is -0.820. The van der Waals surface area contributed by atoms with E-state index in [0.717, 1.165) is 0 Å². The third-order valence-electron chi connectivity index (χ3n) is 2.62. The van der Waals surface area contributed by atoms with Gasteiger partial charge >= 0.3 is 0 Å². The molecule has 0 aliphatic heterocycles. The van der Waals surface area contributed by atoms with E-state index in [1.165, 1.54) is 17.5 Å². The van der Waals surface area contributed by atoms with Crippen LogP contribution in [0.4, 0.5) is 0 Å². The van der Waals surface area contributed by atoms with Crippen LogP contribution in [0.25, 0.3) is 0 Å². The monoisotopic (exact) mass is 177 g/mol. The Morgan fingerprint density at radius 3 is 2.38 bits per heavy atom. The molecule has 1 nitrogen and oxygen atoms in total. The summed E-state index contributed by atoms with van der Waals surface area (Å²) in [6, 6.07) is 8.74. The van der Waals surface area contributed by atoms with Crippen LogP contribution in [0.2, 0.25) is 0 Å². The average Bonchev–Trinajstić information content (AvgIpc) is 2.17. The first-order valence-corrected chi connectivity index (χ1v) is 5.00. The molecule has 0 bridgehead atoms. The second-order valence-corrected chi connectivity index (χ2v) is 3.77. The quantitative estimate of drug-likeness (QED) is 0.753. The van der Waals surface area contributed by atoms with Crippen LogP contribution in [0.15, 0.2) is 24.3 Å². The fraction of sp³-hybridized carbons (Fsp3) is 0.500. The predicted molar refractivity (Wildman–Crippen MR) is 57.8 cm³/mol.